The Morgan fingerprint density at radius 1 is 1.10 bits per heavy atom. The van der Waals surface area contributed by atoms with Gasteiger partial charge in [0.1, 0.15) is 0 Å². The molecular formula is C17H24N2O. The van der Waals surface area contributed by atoms with Gasteiger partial charge in [0.25, 0.3) is 0 Å². The smallest absolute Gasteiger partial charge is 0.194 e. The molecule has 0 saturated heterocycles. The van der Waals surface area contributed by atoms with Crippen molar-refractivity contribution in [2.24, 2.45) is 0 Å². The lowest BCUT2D eigenvalue weighted by molar-refractivity contribution is 0.491. The zero-order valence-electron chi connectivity index (χ0n) is 12.7. The SMILES string of the molecule is CCCNCCCc1ncc(-c2cc(C)cc(C)c2)o1. The Morgan fingerprint density at radius 3 is 2.55 bits per heavy atom. The molecule has 0 fully saturated rings. The third kappa shape index (κ3) is 4.20. The molecule has 2 rings (SSSR count). The summed E-state index contributed by atoms with van der Waals surface area (Å²) in [7, 11) is 0. The van der Waals surface area contributed by atoms with Gasteiger partial charge in [-0.25, -0.2) is 4.98 Å². The molecule has 0 unspecified atom stereocenters. The van der Waals surface area contributed by atoms with Crippen LogP contribution in [0.5, 0.6) is 0 Å². The first-order valence-corrected chi connectivity index (χ1v) is 7.43. The summed E-state index contributed by atoms with van der Waals surface area (Å²) in [6, 6.07) is 6.44. The lowest BCUT2D eigenvalue weighted by Gasteiger charge is -2.02. The van der Waals surface area contributed by atoms with Crippen molar-refractivity contribution < 1.29 is 4.42 Å². The number of hydrogen-bond donors (Lipinski definition) is 1. The van der Waals surface area contributed by atoms with E-state index in [4.69, 9.17) is 4.42 Å². The predicted octanol–water partition coefficient (Wildman–Crippen LogP) is 3.89. The summed E-state index contributed by atoms with van der Waals surface area (Å²) in [4.78, 5) is 4.38. The molecule has 0 spiro atoms. The number of nitrogens with zero attached hydrogens (tertiary/aromatic N) is 1. The summed E-state index contributed by atoms with van der Waals surface area (Å²) in [6.07, 6.45) is 4.97. The second kappa shape index (κ2) is 7.25. The van der Waals surface area contributed by atoms with Crippen molar-refractivity contribution in [2.45, 2.75) is 40.0 Å². The molecule has 108 valence electrons. The van der Waals surface area contributed by atoms with E-state index in [2.05, 4.69) is 49.3 Å². The van der Waals surface area contributed by atoms with Gasteiger partial charge in [0.15, 0.2) is 11.7 Å². The van der Waals surface area contributed by atoms with Gasteiger partial charge >= 0.3 is 0 Å². The fourth-order valence-corrected chi connectivity index (χ4v) is 2.34. The number of hydrogen-bond acceptors (Lipinski definition) is 3. The predicted molar refractivity (Wildman–Crippen MR) is 82.9 cm³/mol. The van der Waals surface area contributed by atoms with Gasteiger partial charge in [-0.05, 0) is 51.9 Å². The summed E-state index contributed by atoms with van der Waals surface area (Å²) in [5, 5.41) is 3.39. The van der Waals surface area contributed by atoms with Gasteiger partial charge in [-0.1, -0.05) is 24.1 Å². The van der Waals surface area contributed by atoms with Gasteiger partial charge < -0.3 is 9.73 Å². The van der Waals surface area contributed by atoms with Crippen LogP contribution in [-0.4, -0.2) is 18.1 Å². The van der Waals surface area contributed by atoms with E-state index in [1.807, 2.05) is 6.20 Å². The Kier molecular flexibility index (Phi) is 5.36. The highest BCUT2D eigenvalue weighted by Gasteiger charge is 2.07. The van der Waals surface area contributed by atoms with Crippen LogP contribution in [0.1, 0.15) is 36.8 Å². The average Bonchev–Trinajstić information content (AvgIpc) is 2.86. The Hall–Kier alpha value is -1.61. The molecular weight excluding hydrogens is 248 g/mol. The van der Waals surface area contributed by atoms with E-state index in [-0.39, 0.29) is 0 Å². The van der Waals surface area contributed by atoms with Crippen molar-refractivity contribution in [1.29, 1.82) is 0 Å². The Labute approximate surface area is 121 Å². The highest BCUT2D eigenvalue weighted by molar-refractivity contribution is 5.58. The minimum atomic E-state index is 0.831. The molecule has 2 aromatic rings. The Bertz CT molecular complexity index is 525. The van der Waals surface area contributed by atoms with E-state index in [9.17, 15) is 0 Å². The standard InChI is InChI=1S/C17H24N2O/c1-4-7-18-8-5-6-17-19-12-16(20-17)15-10-13(2)9-14(3)11-15/h9-12,18H,4-8H2,1-3H3. The van der Waals surface area contributed by atoms with E-state index in [0.29, 0.717) is 0 Å². The maximum atomic E-state index is 5.85. The molecule has 1 aromatic carbocycles. The van der Waals surface area contributed by atoms with Gasteiger partial charge in [-0.3, -0.25) is 0 Å². The number of rotatable bonds is 7. The number of aromatic nitrogens is 1. The molecule has 0 bridgehead atoms. The molecule has 0 saturated carbocycles. The lowest BCUT2D eigenvalue weighted by atomic mass is 10.1. The first-order chi connectivity index (χ1) is 9.69. The topological polar surface area (TPSA) is 38.1 Å². The molecule has 1 N–H and O–H groups in total. The van der Waals surface area contributed by atoms with Crippen molar-refractivity contribution in [3.05, 3.63) is 41.4 Å². The van der Waals surface area contributed by atoms with Gasteiger partial charge in [0, 0.05) is 12.0 Å². The first kappa shape index (κ1) is 14.8. The monoisotopic (exact) mass is 272 g/mol. The van der Waals surface area contributed by atoms with Gasteiger partial charge in [0.2, 0.25) is 0 Å². The number of oxazole rings is 1. The van der Waals surface area contributed by atoms with Crippen molar-refractivity contribution in [1.82, 2.24) is 10.3 Å². The zero-order chi connectivity index (χ0) is 14.4. The number of aryl methyl sites for hydroxylation is 3. The van der Waals surface area contributed by atoms with Gasteiger partial charge in [-0.2, -0.15) is 0 Å². The molecule has 1 heterocycles. The molecule has 0 amide bonds. The highest BCUT2D eigenvalue weighted by Crippen LogP contribution is 2.23. The van der Waals surface area contributed by atoms with Crippen molar-refractivity contribution >= 4 is 0 Å². The lowest BCUT2D eigenvalue weighted by Crippen LogP contribution is -2.16. The van der Waals surface area contributed by atoms with Crippen LogP contribution in [0.25, 0.3) is 11.3 Å². The maximum Gasteiger partial charge on any atom is 0.194 e. The molecule has 0 radical (unpaired) electrons. The van der Waals surface area contributed by atoms with E-state index in [1.165, 1.54) is 17.5 Å². The largest absolute Gasteiger partial charge is 0.441 e. The normalized spacial score (nSPS) is 10.9. The third-order valence-electron chi connectivity index (χ3n) is 3.23. The summed E-state index contributed by atoms with van der Waals surface area (Å²) in [5.74, 6) is 1.70. The summed E-state index contributed by atoms with van der Waals surface area (Å²) in [6.45, 7) is 8.49. The van der Waals surface area contributed by atoms with Crippen LogP contribution in [0, 0.1) is 13.8 Å². The average molecular weight is 272 g/mol. The second-order valence-electron chi connectivity index (χ2n) is 5.35. The number of nitrogens with one attached hydrogen (secondary N) is 1. The molecule has 3 nitrogen and oxygen atoms in total. The molecule has 20 heavy (non-hydrogen) atoms. The van der Waals surface area contributed by atoms with Gasteiger partial charge in [0.05, 0.1) is 6.20 Å². The number of benzene rings is 1. The minimum Gasteiger partial charge on any atom is -0.441 e. The van der Waals surface area contributed by atoms with Gasteiger partial charge in [-0.15, -0.1) is 0 Å². The van der Waals surface area contributed by atoms with E-state index in [0.717, 1.165) is 43.1 Å². The highest BCUT2D eigenvalue weighted by atomic mass is 16.4. The van der Waals surface area contributed by atoms with Crippen LogP contribution in [0.2, 0.25) is 0 Å². The Balaban J connectivity index is 1.94. The summed E-state index contributed by atoms with van der Waals surface area (Å²) < 4.78 is 5.85. The third-order valence-corrected chi connectivity index (χ3v) is 3.23. The van der Waals surface area contributed by atoms with Crippen molar-refractivity contribution in [3.63, 3.8) is 0 Å². The molecule has 0 atom stereocenters. The summed E-state index contributed by atoms with van der Waals surface area (Å²) in [5.41, 5.74) is 3.62. The quantitative estimate of drug-likeness (QED) is 0.777. The molecule has 1 aromatic heterocycles. The zero-order valence-corrected chi connectivity index (χ0v) is 12.7. The van der Waals surface area contributed by atoms with Crippen LogP contribution >= 0.6 is 0 Å². The van der Waals surface area contributed by atoms with Crippen LogP contribution in [0.4, 0.5) is 0 Å². The Morgan fingerprint density at radius 2 is 1.85 bits per heavy atom. The molecule has 0 aliphatic carbocycles. The fraction of sp³-hybridized carbons (Fsp3) is 0.471. The molecule has 0 aliphatic rings. The fourth-order valence-electron chi connectivity index (χ4n) is 2.34. The maximum absolute atomic E-state index is 5.85. The summed E-state index contributed by atoms with van der Waals surface area (Å²) >= 11 is 0. The van der Waals surface area contributed by atoms with E-state index < -0.39 is 0 Å². The van der Waals surface area contributed by atoms with E-state index >= 15 is 0 Å². The van der Waals surface area contributed by atoms with Crippen molar-refractivity contribution in [2.75, 3.05) is 13.1 Å². The van der Waals surface area contributed by atoms with Crippen LogP contribution in [0.15, 0.2) is 28.8 Å². The minimum absolute atomic E-state index is 0.831. The van der Waals surface area contributed by atoms with Crippen molar-refractivity contribution in [3.8, 4) is 11.3 Å². The van der Waals surface area contributed by atoms with Crippen LogP contribution < -0.4 is 5.32 Å². The first-order valence-electron chi connectivity index (χ1n) is 7.43. The van der Waals surface area contributed by atoms with Crippen LogP contribution in [0.3, 0.4) is 0 Å². The van der Waals surface area contributed by atoms with E-state index in [1.54, 1.807) is 0 Å². The molecule has 3 heteroatoms. The second-order valence-corrected chi connectivity index (χ2v) is 5.35. The molecule has 0 aliphatic heterocycles. The van der Waals surface area contributed by atoms with Crippen LogP contribution in [-0.2, 0) is 6.42 Å².